The molecule has 0 saturated carbocycles. The molecule has 0 unspecified atom stereocenters. The standard InChI is InChI=1S/C9H13BN2O2/c1-3-11-8(13)7-4-6(10)5-12-9(7)14-2/h4-5H,3,10H2,1-2H3,(H,11,13). The Balaban J connectivity index is 3.03. The van der Waals surface area contributed by atoms with Crippen LogP contribution >= 0.6 is 0 Å². The van der Waals surface area contributed by atoms with E-state index in [0.717, 1.165) is 5.46 Å². The zero-order valence-electron chi connectivity index (χ0n) is 8.63. The number of methoxy groups -OCH3 is 1. The third kappa shape index (κ3) is 2.25. The number of carbonyl (C=O) groups is 1. The van der Waals surface area contributed by atoms with Crippen LogP contribution in [0.2, 0.25) is 0 Å². The minimum atomic E-state index is -0.152. The molecule has 0 aliphatic carbocycles. The first-order valence-corrected chi connectivity index (χ1v) is 4.47. The Labute approximate surface area is 84.1 Å². The number of amides is 1. The van der Waals surface area contributed by atoms with E-state index in [1.165, 1.54) is 7.11 Å². The number of hydrogen-bond acceptors (Lipinski definition) is 3. The SMILES string of the molecule is Bc1cnc(OC)c(C(=O)NCC)c1. The van der Waals surface area contributed by atoms with Crippen LogP contribution < -0.4 is 15.5 Å². The van der Waals surface area contributed by atoms with Gasteiger partial charge in [-0.15, -0.1) is 0 Å². The molecule has 1 amide bonds. The van der Waals surface area contributed by atoms with Crippen LogP contribution in [0.4, 0.5) is 0 Å². The van der Waals surface area contributed by atoms with E-state index < -0.39 is 0 Å². The molecule has 1 rings (SSSR count). The summed E-state index contributed by atoms with van der Waals surface area (Å²) in [6, 6.07) is 1.76. The van der Waals surface area contributed by atoms with Gasteiger partial charge in [-0.2, -0.15) is 0 Å². The first kappa shape index (κ1) is 10.6. The van der Waals surface area contributed by atoms with Crippen LogP contribution in [-0.2, 0) is 0 Å². The fourth-order valence-corrected chi connectivity index (χ4v) is 1.14. The highest BCUT2D eigenvalue weighted by molar-refractivity contribution is 6.32. The van der Waals surface area contributed by atoms with Crippen molar-refractivity contribution in [3.8, 4) is 5.88 Å². The molecule has 0 spiro atoms. The molecule has 0 saturated heterocycles. The maximum atomic E-state index is 11.5. The van der Waals surface area contributed by atoms with Crippen molar-refractivity contribution in [1.29, 1.82) is 0 Å². The van der Waals surface area contributed by atoms with E-state index in [4.69, 9.17) is 4.74 Å². The molecule has 4 nitrogen and oxygen atoms in total. The number of ether oxygens (including phenoxy) is 1. The van der Waals surface area contributed by atoms with Crippen molar-refractivity contribution < 1.29 is 9.53 Å². The van der Waals surface area contributed by atoms with E-state index in [1.807, 2.05) is 14.8 Å². The van der Waals surface area contributed by atoms with E-state index in [0.29, 0.717) is 18.0 Å². The van der Waals surface area contributed by atoms with Gasteiger partial charge >= 0.3 is 0 Å². The van der Waals surface area contributed by atoms with Crippen LogP contribution in [0, 0.1) is 0 Å². The van der Waals surface area contributed by atoms with Crippen molar-refractivity contribution in [2.75, 3.05) is 13.7 Å². The van der Waals surface area contributed by atoms with Gasteiger partial charge in [-0.05, 0) is 13.0 Å². The normalized spacial score (nSPS) is 9.57. The summed E-state index contributed by atoms with van der Waals surface area (Å²) < 4.78 is 5.00. The molecule has 1 heterocycles. The van der Waals surface area contributed by atoms with Crippen LogP contribution in [0.15, 0.2) is 12.3 Å². The molecule has 1 aromatic rings. The number of rotatable bonds is 3. The van der Waals surface area contributed by atoms with Crippen molar-refractivity contribution in [2.24, 2.45) is 0 Å². The molecule has 0 fully saturated rings. The van der Waals surface area contributed by atoms with Crippen molar-refractivity contribution in [3.63, 3.8) is 0 Å². The lowest BCUT2D eigenvalue weighted by Crippen LogP contribution is -2.25. The minimum absolute atomic E-state index is 0.152. The van der Waals surface area contributed by atoms with Gasteiger partial charge in [0.2, 0.25) is 5.88 Å². The predicted octanol–water partition coefficient (Wildman–Crippen LogP) is -0.902. The summed E-state index contributed by atoms with van der Waals surface area (Å²) in [6.07, 6.45) is 1.67. The van der Waals surface area contributed by atoms with E-state index in [2.05, 4.69) is 10.3 Å². The van der Waals surface area contributed by atoms with Crippen LogP contribution in [0.25, 0.3) is 0 Å². The molecule has 0 atom stereocenters. The zero-order valence-corrected chi connectivity index (χ0v) is 8.63. The number of hydrogen-bond donors (Lipinski definition) is 1. The number of pyridine rings is 1. The summed E-state index contributed by atoms with van der Waals surface area (Å²) in [7, 11) is 3.38. The molecule has 0 aliphatic heterocycles. The summed E-state index contributed by atoms with van der Waals surface area (Å²) >= 11 is 0. The van der Waals surface area contributed by atoms with Crippen molar-refractivity contribution >= 4 is 19.2 Å². The Kier molecular flexibility index (Phi) is 3.51. The summed E-state index contributed by atoms with van der Waals surface area (Å²) in [5.74, 6) is 0.210. The number of nitrogens with zero attached hydrogens (tertiary/aromatic N) is 1. The summed E-state index contributed by atoms with van der Waals surface area (Å²) in [5.41, 5.74) is 1.42. The van der Waals surface area contributed by atoms with Gasteiger partial charge in [-0.3, -0.25) is 4.79 Å². The second kappa shape index (κ2) is 4.65. The van der Waals surface area contributed by atoms with Gasteiger partial charge in [0, 0.05) is 12.7 Å². The van der Waals surface area contributed by atoms with Crippen molar-refractivity contribution in [3.05, 3.63) is 17.8 Å². The highest BCUT2D eigenvalue weighted by Gasteiger charge is 2.12. The zero-order chi connectivity index (χ0) is 10.6. The Hall–Kier alpha value is -1.52. The van der Waals surface area contributed by atoms with E-state index >= 15 is 0 Å². The predicted molar refractivity (Wildman–Crippen MR) is 57.0 cm³/mol. The average molecular weight is 192 g/mol. The second-order valence-corrected chi connectivity index (χ2v) is 2.93. The van der Waals surface area contributed by atoms with Crippen molar-refractivity contribution in [1.82, 2.24) is 10.3 Å². The van der Waals surface area contributed by atoms with Crippen molar-refractivity contribution in [2.45, 2.75) is 6.92 Å². The molecule has 0 radical (unpaired) electrons. The number of aromatic nitrogens is 1. The number of carbonyl (C=O) groups excluding carboxylic acids is 1. The highest BCUT2D eigenvalue weighted by atomic mass is 16.5. The van der Waals surface area contributed by atoms with Crippen LogP contribution in [0.3, 0.4) is 0 Å². The van der Waals surface area contributed by atoms with Gasteiger partial charge in [0.05, 0.1) is 7.11 Å². The van der Waals surface area contributed by atoms with Gasteiger partial charge < -0.3 is 10.1 Å². The van der Waals surface area contributed by atoms with Gasteiger partial charge in [-0.1, -0.05) is 5.46 Å². The quantitative estimate of drug-likeness (QED) is 0.631. The smallest absolute Gasteiger partial charge is 0.256 e. The Morgan fingerprint density at radius 3 is 3.00 bits per heavy atom. The van der Waals surface area contributed by atoms with E-state index in [-0.39, 0.29) is 5.91 Å². The topological polar surface area (TPSA) is 51.2 Å². The summed E-state index contributed by atoms with van der Waals surface area (Å²) in [4.78, 5) is 15.6. The maximum absolute atomic E-state index is 11.5. The third-order valence-corrected chi connectivity index (χ3v) is 1.76. The first-order chi connectivity index (χ1) is 6.69. The largest absolute Gasteiger partial charge is 0.480 e. The molecule has 1 N–H and O–H groups in total. The lowest BCUT2D eigenvalue weighted by molar-refractivity contribution is 0.0952. The lowest BCUT2D eigenvalue weighted by Gasteiger charge is -2.07. The molecule has 74 valence electrons. The van der Waals surface area contributed by atoms with Gasteiger partial charge in [0.1, 0.15) is 13.4 Å². The molecule has 1 aromatic heterocycles. The Bertz CT molecular complexity index is 342. The molecule has 0 aliphatic rings. The van der Waals surface area contributed by atoms with Crippen LogP contribution in [0.5, 0.6) is 5.88 Å². The molecule has 5 heteroatoms. The van der Waals surface area contributed by atoms with Crippen LogP contribution in [-0.4, -0.2) is 32.4 Å². The van der Waals surface area contributed by atoms with E-state index in [1.54, 1.807) is 12.3 Å². The monoisotopic (exact) mass is 192 g/mol. The minimum Gasteiger partial charge on any atom is -0.480 e. The van der Waals surface area contributed by atoms with Crippen LogP contribution in [0.1, 0.15) is 17.3 Å². The fourth-order valence-electron chi connectivity index (χ4n) is 1.14. The second-order valence-electron chi connectivity index (χ2n) is 2.93. The maximum Gasteiger partial charge on any atom is 0.256 e. The fraction of sp³-hybridized carbons (Fsp3) is 0.333. The summed E-state index contributed by atoms with van der Waals surface area (Å²) in [6.45, 7) is 2.46. The average Bonchev–Trinajstić information content (AvgIpc) is 2.18. The Morgan fingerprint density at radius 2 is 2.43 bits per heavy atom. The van der Waals surface area contributed by atoms with Gasteiger partial charge in [0.25, 0.3) is 5.91 Å². The first-order valence-electron chi connectivity index (χ1n) is 4.47. The molecule has 0 bridgehead atoms. The number of nitrogens with one attached hydrogen (secondary N) is 1. The lowest BCUT2D eigenvalue weighted by atomic mass is 9.97. The molecular weight excluding hydrogens is 179 g/mol. The van der Waals surface area contributed by atoms with Gasteiger partial charge in [-0.25, -0.2) is 4.98 Å². The summed E-state index contributed by atoms with van der Waals surface area (Å²) in [5, 5.41) is 2.70. The molecule has 0 aromatic carbocycles. The third-order valence-electron chi connectivity index (χ3n) is 1.76. The highest BCUT2D eigenvalue weighted by Crippen LogP contribution is 2.11. The molecular formula is C9H13BN2O2. The molecule has 14 heavy (non-hydrogen) atoms. The van der Waals surface area contributed by atoms with E-state index in [9.17, 15) is 4.79 Å². The van der Waals surface area contributed by atoms with Gasteiger partial charge in [0.15, 0.2) is 0 Å². The Morgan fingerprint density at radius 1 is 1.71 bits per heavy atom.